The van der Waals surface area contributed by atoms with Gasteiger partial charge in [0.05, 0.1) is 17.7 Å². The van der Waals surface area contributed by atoms with Crippen LogP contribution in [0, 0.1) is 5.82 Å². The molecule has 0 bridgehead atoms. The Bertz CT molecular complexity index is 1120. The predicted octanol–water partition coefficient (Wildman–Crippen LogP) is 3.69. The van der Waals surface area contributed by atoms with Crippen molar-refractivity contribution in [2.24, 2.45) is 0 Å². The number of halogens is 1. The minimum Gasteiger partial charge on any atom is -0.497 e. The molecule has 0 fully saturated rings. The molecule has 0 aliphatic carbocycles. The summed E-state index contributed by atoms with van der Waals surface area (Å²) in [6.07, 6.45) is 0. The summed E-state index contributed by atoms with van der Waals surface area (Å²) in [6, 6.07) is 20.1. The van der Waals surface area contributed by atoms with Crippen molar-refractivity contribution in [1.82, 2.24) is 4.90 Å². The molecule has 0 saturated heterocycles. The third-order valence-corrected chi connectivity index (χ3v) is 6.52. The van der Waals surface area contributed by atoms with Crippen LogP contribution in [0.4, 0.5) is 10.1 Å². The Balaban J connectivity index is 1.85. The summed E-state index contributed by atoms with van der Waals surface area (Å²) in [5.74, 6) is -0.197. The lowest BCUT2D eigenvalue weighted by Crippen LogP contribution is -2.41. The van der Waals surface area contributed by atoms with Crippen molar-refractivity contribution in [3.05, 3.63) is 90.2 Å². The van der Waals surface area contributed by atoms with Gasteiger partial charge >= 0.3 is 0 Å². The summed E-state index contributed by atoms with van der Waals surface area (Å²) in [7, 11) is -0.858. The number of nitrogens with zero attached hydrogens (tertiary/aromatic N) is 2. The highest BCUT2D eigenvalue weighted by Crippen LogP contribution is 2.24. The maximum absolute atomic E-state index is 13.4. The zero-order valence-electron chi connectivity index (χ0n) is 17.2. The number of hydrogen-bond acceptors (Lipinski definition) is 4. The van der Waals surface area contributed by atoms with Crippen molar-refractivity contribution >= 4 is 21.6 Å². The minimum absolute atomic E-state index is 0.0462. The molecule has 0 unspecified atom stereocenters. The Morgan fingerprint density at radius 1 is 0.935 bits per heavy atom. The number of amides is 1. The molecular formula is C23H23FN2O4S. The summed E-state index contributed by atoms with van der Waals surface area (Å²) in [4.78, 5) is 14.4. The molecule has 31 heavy (non-hydrogen) atoms. The topological polar surface area (TPSA) is 66.9 Å². The highest BCUT2D eigenvalue weighted by Gasteiger charge is 2.28. The van der Waals surface area contributed by atoms with Gasteiger partial charge in [0.1, 0.15) is 18.1 Å². The van der Waals surface area contributed by atoms with Gasteiger partial charge in [-0.1, -0.05) is 30.3 Å². The first kappa shape index (κ1) is 22.3. The quantitative estimate of drug-likeness (QED) is 0.534. The third-order valence-electron chi connectivity index (χ3n) is 4.73. The molecule has 0 aliphatic heterocycles. The van der Waals surface area contributed by atoms with Crippen molar-refractivity contribution in [2.45, 2.75) is 11.4 Å². The highest BCUT2D eigenvalue weighted by molar-refractivity contribution is 7.92. The molecule has 3 aromatic rings. The van der Waals surface area contributed by atoms with Gasteiger partial charge in [-0.05, 0) is 54.1 Å². The molecule has 0 N–H and O–H groups in total. The average Bonchev–Trinajstić information content (AvgIpc) is 2.79. The zero-order valence-corrected chi connectivity index (χ0v) is 18.0. The molecular weight excluding hydrogens is 419 g/mol. The first-order chi connectivity index (χ1) is 14.8. The Morgan fingerprint density at radius 2 is 1.55 bits per heavy atom. The van der Waals surface area contributed by atoms with Crippen LogP contribution in [0.3, 0.4) is 0 Å². The summed E-state index contributed by atoms with van der Waals surface area (Å²) < 4.78 is 46.0. The SMILES string of the molecule is COc1ccc(CN(C)C(=O)CN(c2ccc(F)cc2)S(=O)(=O)c2ccccc2)cc1. The van der Waals surface area contributed by atoms with Gasteiger partial charge in [0, 0.05) is 13.6 Å². The van der Waals surface area contributed by atoms with Crippen LogP contribution < -0.4 is 9.04 Å². The number of carbonyl (C=O) groups is 1. The maximum Gasteiger partial charge on any atom is 0.264 e. The van der Waals surface area contributed by atoms with E-state index in [1.165, 1.54) is 29.2 Å². The molecule has 0 saturated carbocycles. The molecule has 6 nitrogen and oxygen atoms in total. The van der Waals surface area contributed by atoms with Crippen molar-refractivity contribution in [3.63, 3.8) is 0 Å². The Morgan fingerprint density at radius 3 is 2.13 bits per heavy atom. The molecule has 0 spiro atoms. The Hall–Kier alpha value is -3.39. The van der Waals surface area contributed by atoms with Gasteiger partial charge in [-0.3, -0.25) is 9.10 Å². The second kappa shape index (κ2) is 9.61. The summed E-state index contributed by atoms with van der Waals surface area (Å²) in [5, 5.41) is 0. The van der Waals surface area contributed by atoms with E-state index in [1.807, 2.05) is 12.1 Å². The maximum atomic E-state index is 13.4. The van der Waals surface area contributed by atoms with Gasteiger partial charge in [0.15, 0.2) is 0 Å². The van der Waals surface area contributed by atoms with Crippen LogP contribution in [0.2, 0.25) is 0 Å². The lowest BCUT2D eigenvalue weighted by Gasteiger charge is -2.26. The molecule has 1 amide bonds. The standard InChI is InChI=1S/C23H23FN2O4S/c1-25(16-18-8-14-21(30-2)15-9-18)23(27)17-26(20-12-10-19(24)11-13-20)31(28,29)22-6-4-3-5-7-22/h3-15H,16-17H2,1-2H3. The van der Waals surface area contributed by atoms with Gasteiger partial charge in [-0.15, -0.1) is 0 Å². The summed E-state index contributed by atoms with van der Waals surface area (Å²) in [6.45, 7) is -0.124. The van der Waals surface area contributed by atoms with E-state index in [4.69, 9.17) is 4.74 Å². The van der Waals surface area contributed by atoms with Crippen LogP contribution in [0.5, 0.6) is 5.75 Å². The largest absolute Gasteiger partial charge is 0.497 e. The van der Waals surface area contributed by atoms with Crippen LogP contribution in [0.25, 0.3) is 0 Å². The highest BCUT2D eigenvalue weighted by atomic mass is 32.2. The van der Waals surface area contributed by atoms with Gasteiger partial charge in [-0.25, -0.2) is 12.8 Å². The molecule has 3 aromatic carbocycles. The second-order valence-electron chi connectivity index (χ2n) is 6.90. The lowest BCUT2D eigenvalue weighted by atomic mass is 10.2. The molecule has 8 heteroatoms. The van der Waals surface area contributed by atoms with E-state index in [9.17, 15) is 17.6 Å². The number of hydrogen-bond donors (Lipinski definition) is 0. The van der Waals surface area contributed by atoms with E-state index in [-0.39, 0.29) is 10.6 Å². The first-order valence-electron chi connectivity index (χ1n) is 9.51. The van der Waals surface area contributed by atoms with Crippen LogP contribution in [0.15, 0.2) is 83.8 Å². The monoisotopic (exact) mass is 442 g/mol. The van der Waals surface area contributed by atoms with Crippen molar-refractivity contribution in [1.29, 1.82) is 0 Å². The Kier molecular flexibility index (Phi) is 6.91. The fourth-order valence-electron chi connectivity index (χ4n) is 2.98. The fourth-order valence-corrected chi connectivity index (χ4v) is 4.41. The summed E-state index contributed by atoms with van der Waals surface area (Å²) in [5.41, 5.74) is 1.08. The number of sulfonamides is 1. The smallest absolute Gasteiger partial charge is 0.264 e. The molecule has 0 heterocycles. The normalized spacial score (nSPS) is 11.1. The van der Waals surface area contributed by atoms with E-state index in [0.717, 1.165) is 22.0 Å². The van der Waals surface area contributed by atoms with Gasteiger partial charge in [0.2, 0.25) is 5.91 Å². The molecule has 0 aromatic heterocycles. The van der Waals surface area contributed by atoms with E-state index >= 15 is 0 Å². The third kappa shape index (κ3) is 5.40. The van der Waals surface area contributed by atoms with Crippen molar-refractivity contribution < 1.29 is 22.3 Å². The van der Waals surface area contributed by atoms with E-state index < -0.39 is 28.3 Å². The number of methoxy groups -OCH3 is 1. The number of likely N-dealkylation sites (N-methyl/N-ethyl adjacent to an activating group) is 1. The van der Waals surface area contributed by atoms with Crippen LogP contribution in [-0.2, 0) is 21.4 Å². The predicted molar refractivity (Wildman–Crippen MR) is 117 cm³/mol. The number of carbonyl (C=O) groups excluding carboxylic acids is 1. The van der Waals surface area contributed by atoms with Crippen molar-refractivity contribution in [3.8, 4) is 5.75 Å². The van der Waals surface area contributed by atoms with Crippen LogP contribution in [0.1, 0.15) is 5.56 Å². The van der Waals surface area contributed by atoms with Crippen LogP contribution >= 0.6 is 0 Å². The average molecular weight is 443 g/mol. The molecule has 0 atom stereocenters. The number of benzene rings is 3. The number of anilines is 1. The van der Waals surface area contributed by atoms with Gasteiger partial charge in [0.25, 0.3) is 10.0 Å². The Labute approximate surface area is 181 Å². The molecule has 0 radical (unpaired) electrons. The lowest BCUT2D eigenvalue weighted by molar-refractivity contribution is -0.128. The molecule has 3 rings (SSSR count). The molecule has 0 aliphatic rings. The van der Waals surface area contributed by atoms with Gasteiger partial charge in [-0.2, -0.15) is 0 Å². The second-order valence-corrected chi connectivity index (χ2v) is 8.76. The number of rotatable bonds is 8. The van der Waals surface area contributed by atoms with E-state index in [2.05, 4.69) is 0 Å². The zero-order chi connectivity index (χ0) is 22.4. The first-order valence-corrected chi connectivity index (χ1v) is 11.0. The van der Waals surface area contributed by atoms with E-state index in [0.29, 0.717) is 12.3 Å². The van der Waals surface area contributed by atoms with Crippen molar-refractivity contribution in [2.75, 3.05) is 25.0 Å². The number of ether oxygens (including phenoxy) is 1. The van der Waals surface area contributed by atoms with Gasteiger partial charge < -0.3 is 9.64 Å². The minimum atomic E-state index is -4.03. The fraction of sp³-hybridized carbons (Fsp3) is 0.174. The van der Waals surface area contributed by atoms with E-state index in [1.54, 1.807) is 44.5 Å². The molecule has 162 valence electrons. The van der Waals surface area contributed by atoms with Crippen LogP contribution in [-0.4, -0.2) is 39.9 Å². The summed E-state index contributed by atoms with van der Waals surface area (Å²) >= 11 is 0.